The quantitative estimate of drug-likeness (QED) is 0.356. The number of amides is 1. The smallest absolute Gasteiger partial charge is 0.407 e. The molecule has 3 aromatic rings. The van der Waals surface area contributed by atoms with E-state index >= 15 is 0 Å². The van der Waals surface area contributed by atoms with E-state index in [-0.39, 0.29) is 31.6 Å². The lowest BCUT2D eigenvalue weighted by Crippen LogP contribution is -2.69. The van der Waals surface area contributed by atoms with Crippen LogP contribution in [-0.4, -0.2) is 95.1 Å². The molecule has 10 nitrogen and oxygen atoms in total. The fraction of sp³-hybridized carbons (Fsp3) is 0.529. The van der Waals surface area contributed by atoms with Gasteiger partial charge in [0.05, 0.1) is 35.3 Å². The Labute approximate surface area is 274 Å². The molecule has 3 atom stereocenters. The number of rotatable bonds is 6. The van der Waals surface area contributed by atoms with Crippen molar-refractivity contribution in [3.05, 3.63) is 52.7 Å². The Bertz CT molecular complexity index is 1670. The van der Waals surface area contributed by atoms with Gasteiger partial charge in [-0.2, -0.15) is 15.2 Å². The lowest BCUT2D eigenvalue weighted by atomic mass is 9.69. The van der Waals surface area contributed by atoms with E-state index in [2.05, 4.69) is 34.1 Å². The summed E-state index contributed by atoms with van der Waals surface area (Å²) in [6.07, 6.45) is -0.834. The molecule has 1 amide bonds. The molecule has 6 rings (SSSR count). The normalized spacial score (nSPS) is 23.8. The van der Waals surface area contributed by atoms with Crippen molar-refractivity contribution >= 4 is 40.0 Å². The van der Waals surface area contributed by atoms with Crippen LogP contribution < -0.4 is 14.5 Å². The molecule has 12 heteroatoms. The van der Waals surface area contributed by atoms with Gasteiger partial charge in [0, 0.05) is 55.4 Å². The molecule has 0 radical (unpaired) electrons. The highest BCUT2D eigenvalue weighted by molar-refractivity contribution is 6.36. The Morgan fingerprint density at radius 1 is 1.17 bits per heavy atom. The van der Waals surface area contributed by atoms with Gasteiger partial charge in [0.15, 0.2) is 0 Å². The van der Waals surface area contributed by atoms with Crippen molar-refractivity contribution in [3.63, 3.8) is 0 Å². The fourth-order valence-corrected chi connectivity index (χ4v) is 7.68. The molecule has 0 aliphatic carbocycles. The van der Waals surface area contributed by atoms with E-state index in [4.69, 9.17) is 26.3 Å². The number of hydrogen-bond donors (Lipinski definition) is 1. The van der Waals surface area contributed by atoms with Crippen molar-refractivity contribution in [2.75, 3.05) is 56.2 Å². The van der Waals surface area contributed by atoms with Gasteiger partial charge < -0.3 is 19.6 Å². The summed E-state index contributed by atoms with van der Waals surface area (Å²) in [5.74, 6) is 0.704. The standard InChI is InChI=1S/C34H41ClFN7O3/c1-33(2,3)34(12-13-37)21-42(15-16-43(34)32(44)45)30-25-11-14-41(28-10-6-8-22-7-5-9-26(35)29(22)28)19-27(25)38-31(39-30)46-20-24-17-23(36)18-40(24)4/h5-10,23-24H,11-12,14-21H2,1-4H3,(H,44,45)/t23-,24-,34-/m1/s1. The molecule has 46 heavy (non-hydrogen) atoms. The second-order valence-corrected chi connectivity index (χ2v) is 14.2. The van der Waals surface area contributed by atoms with Crippen molar-refractivity contribution in [2.24, 2.45) is 5.41 Å². The Hall–Kier alpha value is -3.88. The second kappa shape index (κ2) is 12.4. The molecule has 2 saturated heterocycles. The number of anilines is 2. The number of alkyl halides is 1. The van der Waals surface area contributed by atoms with Crippen molar-refractivity contribution in [1.29, 1.82) is 5.26 Å². The van der Waals surface area contributed by atoms with Crippen LogP contribution in [0.2, 0.25) is 5.02 Å². The second-order valence-electron chi connectivity index (χ2n) is 13.8. The topological polar surface area (TPSA) is 109 Å². The van der Waals surface area contributed by atoms with Crippen LogP contribution in [0.4, 0.5) is 20.7 Å². The minimum atomic E-state index is -1.03. The first-order chi connectivity index (χ1) is 21.9. The van der Waals surface area contributed by atoms with Crippen LogP contribution in [0.25, 0.3) is 10.8 Å². The summed E-state index contributed by atoms with van der Waals surface area (Å²) in [5.41, 5.74) is 1.33. The number of benzene rings is 2. The lowest BCUT2D eigenvalue weighted by molar-refractivity contribution is -0.00290. The summed E-state index contributed by atoms with van der Waals surface area (Å²) in [5, 5.41) is 22.8. The predicted octanol–water partition coefficient (Wildman–Crippen LogP) is 5.77. The van der Waals surface area contributed by atoms with Crippen molar-refractivity contribution in [3.8, 4) is 12.1 Å². The average Bonchev–Trinajstić information content (AvgIpc) is 3.34. The molecule has 244 valence electrons. The number of aromatic nitrogens is 2. The number of nitriles is 1. The zero-order valence-corrected chi connectivity index (χ0v) is 27.6. The van der Waals surface area contributed by atoms with Crippen LogP contribution in [0.15, 0.2) is 36.4 Å². The van der Waals surface area contributed by atoms with E-state index in [1.54, 1.807) is 0 Å². The third kappa shape index (κ3) is 5.77. The summed E-state index contributed by atoms with van der Waals surface area (Å²) in [7, 11) is 1.89. The molecule has 3 aliphatic rings. The van der Waals surface area contributed by atoms with Gasteiger partial charge in [-0.05, 0) is 42.8 Å². The van der Waals surface area contributed by atoms with Crippen molar-refractivity contribution < 1.29 is 19.0 Å². The lowest BCUT2D eigenvalue weighted by Gasteiger charge is -2.55. The maximum absolute atomic E-state index is 14.1. The summed E-state index contributed by atoms with van der Waals surface area (Å²) in [4.78, 5) is 30.1. The molecular weight excluding hydrogens is 609 g/mol. The minimum Gasteiger partial charge on any atom is -0.465 e. The van der Waals surface area contributed by atoms with E-state index in [1.165, 1.54) is 4.90 Å². The SMILES string of the molecule is CN1C[C@H](F)C[C@@H]1COc1nc2c(c(N3CCN(C(=O)O)[C@@](CC#N)(C(C)(C)C)C3)n1)CCN(c1cccc3cccc(Cl)c13)C2. The maximum Gasteiger partial charge on any atom is 0.407 e. The van der Waals surface area contributed by atoms with Crippen molar-refractivity contribution in [1.82, 2.24) is 19.8 Å². The Morgan fingerprint density at radius 2 is 1.93 bits per heavy atom. The molecule has 1 aromatic heterocycles. The van der Waals surface area contributed by atoms with Gasteiger partial charge >= 0.3 is 12.1 Å². The first kappa shape index (κ1) is 32.1. The molecule has 4 heterocycles. The van der Waals surface area contributed by atoms with E-state index in [1.807, 2.05) is 50.9 Å². The van der Waals surface area contributed by atoms with E-state index < -0.39 is 23.2 Å². The minimum absolute atomic E-state index is 0.0456. The Morgan fingerprint density at radius 3 is 2.61 bits per heavy atom. The third-order valence-electron chi connectivity index (χ3n) is 10.1. The van der Waals surface area contributed by atoms with Crippen LogP contribution in [0.5, 0.6) is 6.01 Å². The van der Waals surface area contributed by atoms with Gasteiger partial charge in [-0.3, -0.25) is 9.80 Å². The highest BCUT2D eigenvalue weighted by Gasteiger charge is 2.53. The number of likely N-dealkylation sites (N-methyl/N-ethyl adjacent to an activating group) is 1. The average molecular weight is 650 g/mol. The van der Waals surface area contributed by atoms with Crippen LogP contribution in [0.1, 0.15) is 44.9 Å². The maximum atomic E-state index is 14.1. The molecule has 3 aliphatic heterocycles. The zero-order chi connectivity index (χ0) is 32.8. The number of nitrogens with zero attached hydrogens (tertiary/aromatic N) is 7. The highest BCUT2D eigenvalue weighted by Crippen LogP contribution is 2.44. The van der Waals surface area contributed by atoms with Crippen LogP contribution in [0.3, 0.4) is 0 Å². The number of halogens is 2. The number of fused-ring (bicyclic) bond motifs is 2. The van der Waals surface area contributed by atoms with Crippen LogP contribution >= 0.6 is 11.6 Å². The number of carboxylic acid groups (broad SMARTS) is 1. The number of carbonyl (C=O) groups is 1. The van der Waals surface area contributed by atoms with E-state index in [0.29, 0.717) is 56.4 Å². The Balaban J connectivity index is 1.40. The van der Waals surface area contributed by atoms with Gasteiger partial charge in [0.2, 0.25) is 0 Å². The fourth-order valence-electron chi connectivity index (χ4n) is 7.40. The molecule has 1 N–H and O–H groups in total. The van der Waals surface area contributed by atoms with Gasteiger partial charge in [0.25, 0.3) is 0 Å². The number of likely N-dealkylation sites (tertiary alicyclic amines) is 1. The number of hydrogen-bond acceptors (Lipinski definition) is 8. The highest BCUT2D eigenvalue weighted by atomic mass is 35.5. The van der Waals surface area contributed by atoms with Crippen LogP contribution in [0, 0.1) is 16.7 Å². The van der Waals surface area contributed by atoms with Crippen molar-refractivity contribution in [2.45, 2.75) is 64.3 Å². The van der Waals surface area contributed by atoms with Gasteiger partial charge in [-0.25, -0.2) is 9.18 Å². The van der Waals surface area contributed by atoms with E-state index in [9.17, 15) is 19.6 Å². The molecule has 2 aromatic carbocycles. The van der Waals surface area contributed by atoms with E-state index in [0.717, 1.165) is 27.7 Å². The van der Waals surface area contributed by atoms with Crippen LogP contribution in [-0.2, 0) is 13.0 Å². The van der Waals surface area contributed by atoms with Gasteiger partial charge in [-0.1, -0.05) is 56.6 Å². The summed E-state index contributed by atoms with van der Waals surface area (Å²) in [6.45, 7) is 8.72. The summed E-state index contributed by atoms with van der Waals surface area (Å²) in [6, 6.07) is 14.5. The summed E-state index contributed by atoms with van der Waals surface area (Å²) < 4.78 is 20.3. The monoisotopic (exact) mass is 649 g/mol. The Kier molecular flexibility index (Phi) is 8.63. The summed E-state index contributed by atoms with van der Waals surface area (Å²) >= 11 is 6.70. The largest absolute Gasteiger partial charge is 0.465 e. The molecule has 2 fully saturated rings. The third-order valence-corrected chi connectivity index (χ3v) is 10.4. The molecule has 0 bridgehead atoms. The first-order valence-electron chi connectivity index (χ1n) is 15.8. The number of piperazine rings is 1. The van der Waals surface area contributed by atoms with Gasteiger partial charge in [-0.15, -0.1) is 0 Å². The number of ether oxygens (including phenoxy) is 1. The van der Waals surface area contributed by atoms with Gasteiger partial charge in [0.1, 0.15) is 18.6 Å². The molecular formula is C34H41ClFN7O3. The molecule has 0 saturated carbocycles. The zero-order valence-electron chi connectivity index (χ0n) is 26.8. The first-order valence-corrected chi connectivity index (χ1v) is 16.2. The predicted molar refractivity (Wildman–Crippen MR) is 177 cm³/mol. The molecule has 0 unspecified atom stereocenters. The molecule has 0 spiro atoms.